The van der Waals surface area contributed by atoms with Crippen LogP contribution in [0.5, 0.6) is 0 Å². The van der Waals surface area contributed by atoms with Gasteiger partial charge < -0.3 is 10.1 Å². The maximum absolute atomic E-state index is 5.23. The van der Waals surface area contributed by atoms with Gasteiger partial charge in [-0.2, -0.15) is 0 Å². The van der Waals surface area contributed by atoms with E-state index in [4.69, 9.17) is 4.74 Å². The Kier molecular flexibility index (Phi) is 6.37. The van der Waals surface area contributed by atoms with Gasteiger partial charge in [-0.05, 0) is 44.1 Å². The van der Waals surface area contributed by atoms with E-state index in [0.717, 1.165) is 18.4 Å². The molecule has 1 N–H and O–H groups in total. The summed E-state index contributed by atoms with van der Waals surface area (Å²) < 4.78 is 5.23. The first-order valence-corrected chi connectivity index (χ1v) is 6.83. The normalized spacial score (nSPS) is 30.0. The second kappa shape index (κ2) is 7.29. The second-order valence-electron chi connectivity index (χ2n) is 5.72. The summed E-state index contributed by atoms with van der Waals surface area (Å²) in [6.07, 6.45) is 6.92. The SMILES string of the molecule is CNC(CC(C)COC)C1CCCC(C)C1. The summed E-state index contributed by atoms with van der Waals surface area (Å²) in [5.41, 5.74) is 0. The predicted octanol–water partition coefficient (Wildman–Crippen LogP) is 3.07. The molecule has 0 aliphatic heterocycles. The van der Waals surface area contributed by atoms with Gasteiger partial charge in [0.05, 0.1) is 0 Å². The highest BCUT2D eigenvalue weighted by atomic mass is 16.5. The van der Waals surface area contributed by atoms with Crippen molar-refractivity contribution < 1.29 is 4.74 Å². The number of hydrogen-bond donors (Lipinski definition) is 1. The Labute approximate surface area is 101 Å². The minimum absolute atomic E-state index is 0.666. The third-order valence-corrected chi connectivity index (χ3v) is 4.02. The topological polar surface area (TPSA) is 21.3 Å². The zero-order valence-corrected chi connectivity index (χ0v) is 11.5. The van der Waals surface area contributed by atoms with Gasteiger partial charge in [-0.3, -0.25) is 0 Å². The van der Waals surface area contributed by atoms with Gasteiger partial charge in [-0.1, -0.05) is 26.7 Å². The van der Waals surface area contributed by atoms with Crippen LogP contribution in [-0.2, 0) is 4.74 Å². The Morgan fingerprint density at radius 1 is 1.38 bits per heavy atom. The van der Waals surface area contributed by atoms with E-state index in [-0.39, 0.29) is 0 Å². The largest absolute Gasteiger partial charge is 0.384 e. The van der Waals surface area contributed by atoms with Crippen molar-refractivity contribution >= 4 is 0 Å². The first kappa shape index (κ1) is 14.0. The van der Waals surface area contributed by atoms with Crippen molar-refractivity contribution in [3.63, 3.8) is 0 Å². The summed E-state index contributed by atoms with van der Waals surface area (Å²) in [7, 11) is 3.91. The number of methoxy groups -OCH3 is 1. The molecule has 1 fully saturated rings. The minimum Gasteiger partial charge on any atom is -0.384 e. The molecular weight excluding hydrogens is 198 g/mol. The second-order valence-corrected chi connectivity index (χ2v) is 5.72. The molecule has 0 spiro atoms. The fourth-order valence-electron chi connectivity index (χ4n) is 3.18. The van der Waals surface area contributed by atoms with Crippen LogP contribution < -0.4 is 5.32 Å². The highest BCUT2D eigenvalue weighted by Gasteiger charge is 2.26. The molecule has 0 radical (unpaired) electrons. The van der Waals surface area contributed by atoms with Gasteiger partial charge in [-0.25, -0.2) is 0 Å². The van der Waals surface area contributed by atoms with E-state index in [1.807, 2.05) is 0 Å². The van der Waals surface area contributed by atoms with Crippen molar-refractivity contribution in [2.24, 2.45) is 17.8 Å². The van der Waals surface area contributed by atoms with E-state index in [2.05, 4.69) is 26.2 Å². The molecule has 0 bridgehead atoms. The number of rotatable bonds is 6. The molecule has 4 unspecified atom stereocenters. The van der Waals surface area contributed by atoms with Crippen LogP contribution in [0.2, 0.25) is 0 Å². The first-order chi connectivity index (χ1) is 7.67. The van der Waals surface area contributed by atoms with Crippen LogP contribution in [0.1, 0.15) is 46.0 Å². The van der Waals surface area contributed by atoms with E-state index in [9.17, 15) is 0 Å². The van der Waals surface area contributed by atoms with Crippen LogP contribution in [0.4, 0.5) is 0 Å². The van der Waals surface area contributed by atoms with Gasteiger partial charge in [0, 0.05) is 19.8 Å². The van der Waals surface area contributed by atoms with Gasteiger partial charge in [0.25, 0.3) is 0 Å². The van der Waals surface area contributed by atoms with Gasteiger partial charge >= 0.3 is 0 Å². The molecule has 0 amide bonds. The molecule has 0 aromatic heterocycles. The molecule has 4 atom stereocenters. The molecule has 1 aliphatic carbocycles. The monoisotopic (exact) mass is 227 g/mol. The van der Waals surface area contributed by atoms with Crippen LogP contribution in [0.3, 0.4) is 0 Å². The van der Waals surface area contributed by atoms with Crippen molar-refractivity contribution in [3.8, 4) is 0 Å². The van der Waals surface area contributed by atoms with Crippen LogP contribution in [0.15, 0.2) is 0 Å². The molecule has 2 heteroatoms. The minimum atomic E-state index is 0.666. The number of hydrogen-bond acceptors (Lipinski definition) is 2. The van der Waals surface area contributed by atoms with Gasteiger partial charge in [0.2, 0.25) is 0 Å². The van der Waals surface area contributed by atoms with Crippen molar-refractivity contribution in [2.75, 3.05) is 20.8 Å². The van der Waals surface area contributed by atoms with Crippen molar-refractivity contribution in [3.05, 3.63) is 0 Å². The fraction of sp³-hybridized carbons (Fsp3) is 1.00. The Morgan fingerprint density at radius 2 is 2.12 bits per heavy atom. The summed E-state index contributed by atoms with van der Waals surface area (Å²) >= 11 is 0. The van der Waals surface area contributed by atoms with E-state index >= 15 is 0 Å². The molecule has 96 valence electrons. The molecular formula is C14H29NO. The standard InChI is InChI=1S/C14H29NO/c1-11-6-5-7-13(8-11)14(15-3)9-12(2)10-16-4/h11-15H,5-10H2,1-4H3. The van der Waals surface area contributed by atoms with Crippen molar-refractivity contribution in [1.82, 2.24) is 5.32 Å². The molecule has 1 aliphatic rings. The summed E-state index contributed by atoms with van der Waals surface area (Å²) in [5.74, 6) is 2.47. The lowest BCUT2D eigenvalue weighted by molar-refractivity contribution is 0.134. The molecule has 0 aromatic rings. The predicted molar refractivity (Wildman–Crippen MR) is 69.6 cm³/mol. The average Bonchev–Trinajstić information content (AvgIpc) is 2.26. The summed E-state index contributed by atoms with van der Waals surface area (Å²) in [6.45, 7) is 5.58. The van der Waals surface area contributed by atoms with Crippen LogP contribution >= 0.6 is 0 Å². The Hall–Kier alpha value is -0.0800. The maximum atomic E-state index is 5.23. The fourth-order valence-corrected chi connectivity index (χ4v) is 3.18. The van der Waals surface area contributed by atoms with E-state index in [0.29, 0.717) is 12.0 Å². The lowest BCUT2D eigenvalue weighted by atomic mass is 9.76. The van der Waals surface area contributed by atoms with E-state index in [1.165, 1.54) is 32.1 Å². The van der Waals surface area contributed by atoms with Crippen LogP contribution in [0, 0.1) is 17.8 Å². The van der Waals surface area contributed by atoms with Gasteiger partial charge in [0.1, 0.15) is 0 Å². The highest BCUT2D eigenvalue weighted by Crippen LogP contribution is 2.32. The molecule has 0 aromatic carbocycles. The highest BCUT2D eigenvalue weighted by molar-refractivity contribution is 4.81. The molecule has 2 nitrogen and oxygen atoms in total. The molecule has 1 rings (SSSR count). The van der Waals surface area contributed by atoms with E-state index in [1.54, 1.807) is 7.11 Å². The number of ether oxygens (including phenoxy) is 1. The Balaban J connectivity index is 2.39. The molecule has 0 saturated heterocycles. The lowest BCUT2D eigenvalue weighted by Gasteiger charge is -2.34. The zero-order valence-electron chi connectivity index (χ0n) is 11.5. The van der Waals surface area contributed by atoms with Crippen molar-refractivity contribution in [1.29, 1.82) is 0 Å². The summed E-state index contributed by atoms with van der Waals surface area (Å²) in [4.78, 5) is 0. The lowest BCUT2D eigenvalue weighted by Crippen LogP contribution is -2.38. The summed E-state index contributed by atoms with van der Waals surface area (Å²) in [5, 5.41) is 3.53. The smallest absolute Gasteiger partial charge is 0.0488 e. The number of nitrogens with one attached hydrogen (secondary N) is 1. The maximum Gasteiger partial charge on any atom is 0.0488 e. The summed E-state index contributed by atoms with van der Waals surface area (Å²) in [6, 6.07) is 0.688. The quantitative estimate of drug-likeness (QED) is 0.753. The van der Waals surface area contributed by atoms with Crippen molar-refractivity contribution in [2.45, 2.75) is 52.0 Å². The van der Waals surface area contributed by atoms with Gasteiger partial charge in [0.15, 0.2) is 0 Å². The first-order valence-electron chi connectivity index (χ1n) is 6.83. The zero-order chi connectivity index (χ0) is 12.0. The van der Waals surface area contributed by atoms with Crippen LogP contribution in [0.25, 0.3) is 0 Å². The third kappa shape index (κ3) is 4.42. The van der Waals surface area contributed by atoms with Gasteiger partial charge in [-0.15, -0.1) is 0 Å². The molecule has 0 heterocycles. The third-order valence-electron chi connectivity index (χ3n) is 4.02. The average molecular weight is 227 g/mol. The van der Waals surface area contributed by atoms with Crippen LogP contribution in [-0.4, -0.2) is 26.8 Å². The molecule has 1 saturated carbocycles. The Morgan fingerprint density at radius 3 is 2.69 bits per heavy atom. The van der Waals surface area contributed by atoms with E-state index < -0.39 is 0 Å². The Bertz CT molecular complexity index is 184. The molecule has 16 heavy (non-hydrogen) atoms.